The van der Waals surface area contributed by atoms with Gasteiger partial charge in [0.05, 0.1) is 12.2 Å². The van der Waals surface area contributed by atoms with E-state index in [0.29, 0.717) is 38.0 Å². The maximum Gasteiger partial charge on any atom is 0.407 e. The lowest BCUT2D eigenvalue weighted by Gasteiger charge is -2.42. The van der Waals surface area contributed by atoms with Crippen LogP contribution in [0.25, 0.3) is 0 Å². The standard InChI is InChI=1S/C20H27FN2O2.C11H13FN2O2.C7H15NO2/c1-20(2)10-3-4-11-23(20)19(25)8-7-18(24)22-12-9-15-13-17(21)6-5-16(15)14-22;1-7-3-4-9(11(12)8(7)2)14-10(16)5-13-6-15;1-5-8-6(9)10-7(2,3)4/h5-6,13H,3-4,7-12,14H2,1-2H3;3-4,6H,5H2,1-2H3,(H,13,15)(H,14,16);5H2,1-4H3,(H,8,9). The normalized spacial score (nSPS) is 14.7. The van der Waals surface area contributed by atoms with Crippen molar-refractivity contribution in [1.82, 2.24) is 20.4 Å². The van der Waals surface area contributed by atoms with Crippen molar-refractivity contribution in [1.29, 1.82) is 0 Å². The third-order valence-electron chi connectivity index (χ3n) is 8.54. The fourth-order valence-corrected chi connectivity index (χ4v) is 5.63. The second-order valence-electron chi connectivity index (χ2n) is 14.2. The molecule has 0 unspecified atom stereocenters. The van der Waals surface area contributed by atoms with E-state index in [1.54, 1.807) is 36.9 Å². The van der Waals surface area contributed by atoms with Gasteiger partial charge in [-0.25, -0.2) is 13.6 Å². The molecule has 2 aromatic rings. The number of anilines is 1. The first kappa shape index (κ1) is 42.6. The predicted molar refractivity (Wildman–Crippen MR) is 193 cm³/mol. The number of carbonyl (C=O) groups excluding carboxylic acids is 5. The van der Waals surface area contributed by atoms with E-state index in [4.69, 9.17) is 4.74 Å². The van der Waals surface area contributed by atoms with E-state index in [2.05, 4.69) is 29.8 Å². The first-order valence-corrected chi connectivity index (χ1v) is 17.4. The van der Waals surface area contributed by atoms with Crippen molar-refractivity contribution in [3.05, 3.63) is 64.2 Å². The van der Waals surface area contributed by atoms with Gasteiger partial charge in [0, 0.05) is 44.6 Å². The zero-order valence-electron chi connectivity index (χ0n) is 31.3. The van der Waals surface area contributed by atoms with E-state index in [1.807, 2.05) is 32.6 Å². The number of piperidine rings is 1. The first-order valence-electron chi connectivity index (χ1n) is 17.4. The molecule has 5 amide bonds. The number of benzene rings is 2. The number of alkyl carbamates (subject to hydrolysis) is 1. The minimum atomic E-state index is -0.464. The van der Waals surface area contributed by atoms with Crippen LogP contribution in [0.5, 0.6) is 0 Å². The van der Waals surface area contributed by atoms with E-state index in [-0.39, 0.29) is 59.9 Å². The minimum absolute atomic E-state index is 0.0122. The Morgan fingerprint density at radius 1 is 0.961 bits per heavy atom. The van der Waals surface area contributed by atoms with E-state index >= 15 is 0 Å². The molecular formula is C38H55F2N5O6. The summed E-state index contributed by atoms with van der Waals surface area (Å²) in [6, 6.07) is 7.97. The first-order chi connectivity index (χ1) is 23.9. The van der Waals surface area contributed by atoms with Gasteiger partial charge in [-0.15, -0.1) is 0 Å². The zero-order chi connectivity index (χ0) is 38.4. The quantitative estimate of drug-likeness (QED) is 0.290. The number of nitrogens with one attached hydrogen (secondary N) is 3. The summed E-state index contributed by atoms with van der Waals surface area (Å²) >= 11 is 0. The largest absolute Gasteiger partial charge is 0.444 e. The Hall–Kier alpha value is -4.55. The molecule has 1 saturated heterocycles. The Bertz CT molecular complexity index is 1520. The van der Waals surface area contributed by atoms with Gasteiger partial charge >= 0.3 is 6.09 Å². The summed E-state index contributed by atoms with van der Waals surface area (Å²) in [6.07, 6.45) is 4.48. The Kier molecular flexibility index (Phi) is 16.5. The van der Waals surface area contributed by atoms with Gasteiger partial charge in [0.25, 0.3) is 0 Å². The zero-order valence-corrected chi connectivity index (χ0v) is 31.3. The number of hydrogen-bond donors (Lipinski definition) is 3. The second kappa shape index (κ2) is 19.7. The average molecular weight is 716 g/mol. The number of rotatable bonds is 8. The van der Waals surface area contributed by atoms with Crippen LogP contribution in [0.15, 0.2) is 30.3 Å². The Balaban J connectivity index is 0.000000297. The van der Waals surface area contributed by atoms with E-state index in [9.17, 15) is 32.8 Å². The number of nitrogens with zero attached hydrogens (tertiary/aromatic N) is 2. The van der Waals surface area contributed by atoms with Crippen molar-refractivity contribution in [3.8, 4) is 0 Å². The van der Waals surface area contributed by atoms with Crippen LogP contribution < -0.4 is 16.0 Å². The van der Waals surface area contributed by atoms with Crippen LogP contribution in [0, 0.1) is 25.5 Å². The van der Waals surface area contributed by atoms with Crippen molar-refractivity contribution in [2.24, 2.45) is 0 Å². The molecule has 2 aliphatic rings. The maximum absolute atomic E-state index is 13.6. The highest BCUT2D eigenvalue weighted by molar-refractivity contribution is 5.93. The third kappa shape index (κ3) is 14.3. The summed E-state index contributed by atoms with van der Waals surface area (Å²) in [7, 11) is 0. The Morgan fingerprint density at radius 3 is 2.27 bits per heavy atom. The molecule has 51 heavy (non-hydrogen) atoms. The Morgan fingerprint density at radius 2 is 1.65 bits per heavy atom. The number of likely N-dealkylation sites (tertiary alicyclic amines) is 1. The van der Waals surface area contributed by atoms with Crippen molar-refractivity contribution >= 4 is 35.9 Å². The molecule has 3 N–H and O–H groups in total. The van der Waals surface area contributed by atoms with Crippen LogP contribution in [0.4, 0.5) is 19.3 Å². The number of fused-ring (bicyclic) bond motifs is 1. The fraction of sp³-hybridized carbons (Fsp3) is 0.553. The highest BCUT2D eigenvalue weighted by Gasteiger charge is 2.33. The summed E-state index contributed by atoms with van der Waals surface area (Å²) < 4.78 is 31.8. The molecule has 0 aliphatic carbocycles. The molecule has 0 atom stereocenters. The third-order valence-corrected chi connectivity index (χ3v) is 8.54. The van der Waals surface area contributed by atoms with Gasteiger partial charge in [-0.2, -0.15) is 0 Å². The van der Waals surface area contributed by atoms with Gasteiger partial charge in [0.15, 0.2) is 0 Å². The topological polar surface area (TPSA) is 137 Å². The highest BCUT2D eigenvalue weighted by atomic mass is 19.1. The molecule has 2 aromatic carbocycles. The van der Waals surface area contributed by atoms with E-state index in [0.717, 1.165) is 42.5 Å². The molecule has 0 aromatic heterocycles. The van der Waals surface area contributed by atoms with Crippen molar-refractivity contribution in [3.63, 3.8) is 0 Å². The number of amides is 5. The fourth-order valence-electron chi connectivity index (χ4n) is 5.63. The molecule has 1 fully saturated rings. The SMILES string of the molecule is CC1(C)CCCCN1C(=O)CCC(=O)N1CCc2cc(F)ccc2C1.CCNC(=O)OC(C)(C)C.Cc1ccc(NC(=O)CNC=O)c(F)c1C. The number of carbonyl (C=O) groups is 5. The second-order valence-corrected chi connectivity index (χ2v) is 14.2. The molecule has 11 nitrogen and oxygen atoms in total. The van der Waals surface area contributed by atoms with Crippen LogP contribution in [0.3, 0.4) is 0 Å². The summed E-state index contributed by atoms with van der Waals surface area (Å²) in [5, 5.41) is 7.12. The molecule has 0 bridgehead atoms. The summed E-state index contributed by atoms with van der Waals surface area (Å²) in [6.45, 7) is 17.3. The lowest BCUT2D eigenvalue weighted by Crippen LogP contribution is -2.50. The van der Waals surface area contributed by atoms with Crippen molar-refractivity contribution in [2.75, 3.05) is 31.5 Å². The van der Waals surface area contributed by atoms with E-state index in [1.165, 1.54) is 12.1 Å². The highest BCUT2D eigenvalue weighted by Crippen LogP contribution is 2.28. The van der Waals surface area contributed by atoms with Gasteiger partial charge in [-0.1, -0.05) is 12.1 Å². The minimum Gasteiger partial charge on any atom is -0.444 e. The smallest absolute Gasteiger partial charge is 0.407 e. The van der Waals surface area contributed by atoms with Gasteiger partial charge in [-0.05, 0) is 122 Å². The Labute approximate surface area is 300 Å². The molecule has 13 heteroatoms. The van der Waals surface area contributed by atoms with Gasteiger partial charge < -0.3 is 30.5 Å². The predicted octanol–water partition coefficient (Wildman–Crippen LogP) is 5.94. The number of halogens is 2. The van der Waals surface area contributed by atoms with Crippen LogP contribution >= 0.6 is 0 Å². The maximum atomic E-state index is 13.6. The van der Waals surface area contributed by atoms with Crippen LogP contribution in [-0.4, -0.2) is 77.3 Å². The molecule has 0 radical (unpaired) electrons. The lowest BCUT2D eigenvalue weighted by atomic mass is 9.90. The van der Waals surface area contributed by atoms with Gasteiger partial charge in [0.1, 0.15) is 17.2 Å². The monoisotopic (exact) mass is 715 g/mol. The molecular weight excluding hydrogens is 660 g/mol. The lowest BCUT2D eigenvalue weighted by molar-refractivity contribution is -0.142. The van der Waals surface area contributed by atoms with Crippen LogP contribution in [0.2, 0.25) is 0 Å². The van der Waals surface area contributed by atoms with Gasteiger partial charge in [-0.3, -0.25) is 19.2 Å². The molecule has 4 rings (SSSR count). The molecule has 0 spiro atoms. The van der Waals surface area contributed by atoms with Crippen molar-refractivity contribution < 1.29 is 37.5 Å². The van der Waals surface area contributed by atoms with Crippen molar-refractivity contribution in [2.45, 2.75) is 112 Å². The summed E-state index contributed by atoms with van der Waals surface area (Å²) in [5.41, 5.74) is 2.94. The summed E-state index contributed by atoms with van der Waals surface area (Å²) in [5.74, 6) is -1.04. The molecule has 282 valence electrons. The van der Waals surface area contributed by atoms with E-state index < -0.39 is 11.7 Å². The number of ether oxygens (including phenoxy) is 1. The number of hydrogen-bond acceptors (Lipinski definition) is 6. The van der Waals surface area contributed by atoms with Crippen LogP contribution in [-0.2, 0) is 36.9 Å². The van der Waals surface area contributed by atoms with Crippen LogP contribution in [0.1, 0.15) is 95.9 Å². The van der Waals surface area contributed by atoms with Gasteiger partial charge in [0.2, 0.25) is 24.1 Å². The number of aryl methyl sites for hydroxylation is 1. The molecule has 2 heterocycles. The molecule has 0 saturated carbocycles. The summed E-state index contributed by atoms with van der Waals surface area (Å²) in [4.78, 5) is 60.7. The molecule has 2 aliphatic heterocycles. The average Bonchev–Trinajstić information content (AvgIpc) is 3.05.